The maximum absolute atomic E-state index is 13.3. The lowest BCUT2D eigenvalue weighted by molar-refractivity contribution is 0.102. The lowest BCUT2D eigenvalue weighted by Gasteiger charge is -2.11. The van der Waals surface area contributed by atoms with E-state index in [1.54, 1.807) is 4.68 Å². The van der Waals surface area contributed by atoms with Crippen molar-refractivity contribution >= 4 is 35.0 Å². The molecule has 0 fully saturated rings. The largest absolute Gasteiger partial charge is 0.320 e. The molecule has 7 nitrogen and oxygen atoms in total. The zero-order valence-corrected chi connectivity index (χ0v) is 21.3. The normalized spacial score (nSPS) is 11.0. The van der Waals surface area contributed by atoms with Gasteiger partial charge in [-0.05, 0) is 75.6 Å². The van der Waals surface area contributed by atoms with Crippen LogP contribution in [0.4, 0.5) is 5.69 Å². The van der Waals surface area contributed by atoms with Crippen LogP contribution in [0.15, 0.2) is 47.6 Å². The van der Waals surface area contributed by atoms with Gasteiger partial charge in [0.05, 0.1) is 11.4 Å². The summed E-state index contributed by atoms with van der Waals surface area (Å²) in [6, 6.07) is 13.5. The van der Waals surface area contributed by atoms with Crippen LogP contribution in [0.25, 0.3) is 5.69 Å². The summed E-state index contributed by atoms with van der Waals surface area (Å²) in [6.07, 6.45) is 0. The molecule has 0 aliphatic heterocycles. The topological polar surface area (TPSA) is 85.6 Å². The number of aryl methyl sites for hydroxylation is 5. The standard InChI is InChI=1S/C25H25ClN6OS/c1-14-6-7-16(3)21(10-14)29-24(33)23-22(13-34-25-27-17(4)11-18(5)28-25)32(31-30-23)19-9-8-15(2)20(26)12-19/h6-12H,13H2,1-5H3,(H,29,33). The first-order chi connectivity index (χ1) is 16.2. The molecule has 0 atom stereocenters. The van der Waals surface area contributed by atoms with Gasteiger partial charge in [0.25, 0.3) is 5.91 Å². The van der Waals surface area contributed by atoms with E-state index < -0.39 is 0 Å². The molecule has 0 unspecified atom stereocenters. The van der Waals surface area contributed by atoms with Gasteiger partial charge in [0, 0.05) is 27.9 Å². The molecule has 174 valence electrons. The van der Waals surface area contributed by atoms with Crippen LogP contribution in [-0.2, 0) is 5.75 Å². The van der Waals surface area contributed by atoms with Crippen molar-refractivity contribution in [1.29, 1.82) is 0 Å². The first-order valence-corrected chi connectivity index (χ1v) is 12.1. The van der Waals surface area contributed by atoms with Gasteiger partial charge in [0.1, 0.15) is 0 Å². The van der Waals surface area contributed by atoms with Crippen molar-refractivity contribution in [1.82, 2.24) is 25.0 Å². The van der Waals surface area contributed by atoms with Crippen LogP contribution in [0.3, 0.4) is 0 Å². The summed E-state index contributed by atoms with van der Waals surface area (Å²) in [5.74, 6) is 0.0758. The van der Waals surface area contributed by atoms with Gasteiger partial charge in [-0.2, -0.15) is 0 Å². The number of hydrogen-bond donors (Lipinski definition) is 1. The third kappa shape index (κ3) is 5.29. The van der Waals surface area contributed by atoms with Gasteiger partial charge in [0.15, 0.2) is 10.9 Å². The van der Waals surface area contributed by atoms with Crippen molar-refractivity contribution in [2.45, 2.75) is 45.5 Å². The smallest absolute Gasteiger partial charge is 0.278 e. The zero-order valence-electron chi connectivity index (χ0n) is 19.7. The van der Waals surface area contributed by atoms with Crippen molar-refractivity contribution in [3.05, 3.63) is 87.0 Å². The quantitative estimate of drug-likeness (QED) is 0.270. The first kappa shape index (κ1) is 23.9. The molecular weight excluding hydrogens is 468 g/mol. The highest BCUT2D eigenvalue weighted by Gasteiger charge is 2.22. The van der Waals surface area contributed by atoms with Crippen molar-refractivity contribution in [2.24, 2.45) is 0 Å². The molecule has 0 aliphatic carbocycles. The van der Waals surface area contributed by atoms with Crippen molar-refractivity contribution in [2.75, 3.05) is 5.32 Å². The lowest BCUT2D eigenvalue weighted by Crippen LogP contribution is -2.16. The second kappa shape index (κ2) is 9.95. The third-order valence-electron chi connectivity index (χ3n) is 5.32. The summed E-state index contributed by atoms with van der Waals surface area (Å²) in [7, 11) is 0. The molecule has 2 heterocycles. The number of anilines is 1. The Labute approximate surface area is 208 Å². The predicted octanol–water partition coefficient (Wildman–Crippen LogP) is 5.80. The molecule has 4 aromatic rings. The highest BCUT2D eigenvalue weighted by atomic mass is 35.5. The number of nitrogens with zero attached hydrogens (tertiary/aromatic N) is 5. The molecule has 0 saturated carbocycles. The van der Waals surface area contributed by atoms with E-state index in [1.165, 1.54) is 11.8 Å². The third-order valence-corrected chi connectivity index (χ3v) is 6.59. The Morgan fingerprint density at radius 3 is 2.38 bits per heavy atom. The van der Waals surface area contributed by atoms with Crippen LogP contribution < -0.4 is 5.32 Å². The number of carbonyl (C=O) groups excluding carboxylic acids is 1. The van der Waals surface area contributed by atoms with Crippen LogP contribution in [0, 0.1) is 34.6 Å². The van der Waals surface area contributed by atoms with Crippen molar-refractivity contribution in [3.8, 4) is 5.69 Å². The Morgan fingerprint density at radius 2 is 1.68 bits per heavy atom. The Morgan fingerprint density at radius 1 is 0.971 bits per heavy atom. The molecule has 2 aromatic heterocycles. The van der Waals surface area contributed by atoms with Gasteiger partial charge in [-0.25, -0.2) is 14.6 Å². The Bertz CT molecular complexity index is 1360. The fourth-order valence-electron chi connectivity index (χ4n) is 3.47. The van der Waals surface area contributed by atoms with Gasteiger partial charge < -0.3 is 5.32 Å². The maximum Gasteiger partial charge on any atom is 0.278 e. The number of aromatic nitrogens is 5. The van der Waals surface area contributed by atoms with E-state index >= 15 is 0 Å². The number of carbonyl (C=O) groups is 1. The lowest BCUT2D eigenvalue weighted by atomic mass is 10.1. The molecule has 1 N–H and O–H groups in total. The van der Waals surface area contributed by atoms with Gasteiger partial charge in [-0.1, -0.05) is 46.8 Å². The Kier molecular flexibility index (Phi) is 7.00. The number of thioether (sulfide) groups is 1. The summed E-state index contributed by atoms with van der Waals surface area (Å²) in [6.45, 7) is 9.74. The van der Waals surface area contributed by atoms with Crippen LogP contribution in [0.2, 0.25) is 5.02 Å². The molecular formula is C25H25ClN6OS. The Hall–Kier alpha value is -3.23. The van der Waals surface area contributed by atoms with E-state index in [4.69, 9.17) is 11.6 Å². The molecule has 34 heavy (non-hydrogen) atoms. The molecule has 4 rings (SSSR count). The van der Waals surface area contributed by atoms with Crippen LogP contribution in [0.5, 0.6) is 0 Å². The van der Waals surface area contributed by atoms with Crippen molar-refractivity contribution in [3.63, 3.8) is 0 Å². The summed E-state index contributed by atoms with van der Waals surface area (Å²) >= 11 is 7.80. The summed E-state index contributed by atoms with van der Waals surface area (Å²) in [5, 5.41) is 12.8. The average Bonchev–Trinajstić information content (AvgIpc) is 3.20. The maximum atomic E-state index is 13.3. The number of halogens is 1. The molecule has 0 spiro atoms. The van der Waals surface area contributed by atoms with Gasteiger partial charge >= 0.3 is 0 Å². The minimum absolute atomic E-state index is 0.245. The van der Waals surface area contributed by atoms with E-state index in [9.17, 15) is 4.79 Å². The molecule has 9 heteroatoms. The fourth-order valence-corrected chi connectivity index (χ4v) is 4.59. The van der Waals surface area contributed by atoms with E-state index in [-0.39, 0.29) is 11.6 Å². The minimum atomic E-state index is -0.324. The molecule has 1 amide bonds. The second-order valence-electron chi connectivity index (χ2n) is 8.22. The van der Waals surface area contributed by atoms with E-state index in [0.717, 1.165) is 39.5 Å². The molecule has 0 saturated heterocycles. The monoisotopic (exact) mass is 492 g/mol. The number of nitrogens with one attached hydrogen (secondary N) is 1. The highest BCUT2D eigenvalue weighted by molar-refractivity contribution is 7.98. The molecule has 0 bridgehead atoms. The predicted molar refractivity (Wildman–Crippen MR) is 136 cm³/mol. The van der Waals surface area contributed by atoms with Crippen molar-refractivity contribution < 1.29 is 4.79 Å². The van der Waals surface area contributed by atoms with Crippen LogP contribution >= 0.6 is 23.4 Å². The molecule has 2 aromatic carbocycles. The second-order valence-corrected chi connectivity index (χ2v) is 9.57. The summed E-state index contributed by atoms with van der Waals surface area (Å²) in [4.78, 5) is 22.3. The summed E-state index contributed by atoms with van der Waals surface area (Å²) < 4.78 is 1.65. The molecule has 0 aliphatic rings. The number of hydrogen-bond acceptors (Lipinski definition) is 6. The highest BCUT2D eigenvalue weighted by Crippen LogP contribution is 2.26. The van der Waals surface area contributed by atoms with Crippen LogP contribution in [0.1, 0.15) is 44.3 Å². The Balaban J connectivity index is 1.71. The number of rotatable bonds is 6. The molecule has 0 radical (unpaired) electrons. The zero-order chi connectivity index (χ0) is 24.4. The minimum Gasteiger partial charge on any atom is -0.320 e. The van der Waals surface area contributed by atoms with Gasteiger partial charge in [-0.15, -0.1) is 5.10 Å². The van der Waals surface area contributed by atoms with Gasteiger partial charge in [0.2, 0.25) is 0 Å². The van der Waals surface area contributed by atoms with E-state index in [2.05, 4.69) is 25.6 Å². The average molecular weight is 493 g/mol. The summed E-state index contributed by atoms with van der Waals surface area (Å²) in [5.41, 5.74) is 7.11. The van der Waals surface area contributed by atoms with E-state index in [1.807, 2.05) is 77.1 Å². The van der Waals surface area contributed by atoms with Gasteiger partial charge in [-0.3, -0.25) is 4.79 Å². The number of benzene rings is 2. The SMILES string of the molecule is Cc1ccc(C)c(NC(=O)c2nnn(-c3ccc(C)c(Cl)c3)c2CSc2nc(C)cc(C)n2)c1. The first-order valence-electron chi connectivity index (χ1n) is 10.8. The fraction of sp³-hybridized carbons (Fsp3) is 0.240. The number of amides is 1. The van der Waals surface area contributed by atoms with E-state index in [0.29, 0.717) is 21.6 Å². The van der Waals surface area contributed by atoms with Crippen LogP contribution in [-0.4, -0.2) is 30.9 Å².